The Hall–Kier alpha value is -3.35. The second-order valence-corrected chi connectivity index (χ2v) is 7.77. The van der Waals surface area contributed by atoms with Crippen molar-refractivity contribution >= 4 is 5.91 Å². The monoisotopic (exact) mass is 421 g/mol. The summed E-state index contributed by atoms with van der Waals surface area (Å²) in [6, 6.07) is 15.9. The topological polar surface area (TPSA) is 77.7 Å². The van der Waals surface area contributed by atoms with Crippen LogP contribution in [0.25, 0.3) is 0 Å². The molecule has 0 spiro atoms. The van der Waals surface area contributed by atoms with Gasteiger partial charge in [0.25, 0.3) is 0 Å². The van der Waals surface area contributed by atoms with Gasteiger partial charge in [0.2, 0.25) is 17.7 Å². The normalized spacial score (nSPS) is 14.7. The van der Waals surface area contributed by atoms with Gasteiger partial charge in [-0.2, -0.15) is 0 Å². The lowest BCUT2D eigenvalue weighted by Gasteiger charge is -2.20. The Bertz CT molecular complexity index is 1010. The number of carbonyl (C=O) groups is 1. The summed E-state index contributed by atoms with van der Waals surface area (Å²) >= 11 is 0. The quantitative estimate of drug-likeness (QED) is 0.528. The number of rotatable bonds is 9. The molecule has 4 rings (SSSR count). The van der Waals surface area contributed by atoms with Gasteiger partial charge in [0.05, 0.1) is 13.7 Å². The fourth-order valence-electron chi connectivity index (χ4n) is 3.74. The van der Waals surface area contributed by atoms with Gasteiger partial charge in [0, 0.05) is 32.7 Å². The molecule has 0 N–H and O–H groups in total. The van der Waals surface area contributed by atoms with Crippen LogP contribution in [-0.4, -0.2) is 47.8 Å². The zero-order valence-corrected chi connectivity index (χ0v) is 17.9. The number of nitrogens with zero attached hydrogens (tertiary/aromatic N) is 3. The molecule has 1 aliphatic heterocycles. The number of aryl methyl sites for hydroxylation is 3. The van der Waals surface area contributed by atoms with Crippen molar-refractivity contribution in [3.8, 4) is 11.5 Å². The first-order valence-electron chi connectivity index (χ1n) is 10.5. The van der Waals surface area contributed by atoms with Crippen molar-refractivity contribution in [2.24, 2.45) is 0 Å². The van der Waals surface area contributed by atoms with Gasteiger partial charge < -0.3 is 18.8 Å². The summed E-state index contributed by atoms with van der Waals surface area (Å²) in [6.45, 7) is 0.559. The van der Waals surface area contributed by atoms with E-state index in [1.54, 1.807) is 12.0 Å². The Morgan fingerprint density at radius 3 is 2.71 bits per heavy atom. The molecule has 0 unspecified atom stereocenters. The summed E-state index contributed by atoms with van der Waals surface area (Å²) in [5.74, 6) is 2.86. The molecule has 1 atom stereocenters. The van der Waals surface area contributed by atoms with E-state index in [1.807, 2.05) is 49.5 Å². The van der Waals surface area contributed by atoms with Crippen LogP contribution in [0.1, 0.15) is 29.3 Å². The van der Waals surface area contributed by atoms with Crippen LogP contribution in [0.2, 0.25) is 0 Å². The van der Waals surface area contributed by atoms with E-state index < -0.39 is 0 Å². The molecular formula is C24H27N3O4. The molecule has 0 fully saturated rings. The van der Waals surface area contributed by atoms with Gasteiger partial charge in [-0.15, -0.1) is 10.2 Å². The number of amides is 1. The molecule has 162 valence electrons. The molecule has 0 saturated carbocycles. The third-order valence-corrected chi connectivity index (χ3v) is 5.44. The zero-order valence-electron chi connectivity index (χ0n) is 17.9. The molecule has 7 nitrogen and oxygen atoms in total. The smallest absolute Gasteiger partial charge is 0.222 e. The van der Waals surface area contributed by atoms with Crippen molar-refractivity contribution in [2.75, 3.05) is 20.7 Å². The van der Waals surface area contributed by atoms with Gasteiger partial charge in [-0.1, -0.05) is 30.3 Å². The van der Waals surface area contributed by atoms with Gasteiger partial charge in [0.1, 0.15) is 17.6 Å². The maximum absolute atomic E-state index is 12.5. The second kappa shape index (κ2) is 9.64. The van der Waals surface area contributed by atoms with E-state index in [9.17, 15) is 4.79 Å². The van der Waals surface area contributed by atoms with Crippen molar-refractivity contribution in [1.82, 2.24) is 15.1 Å². The Morgan fingerprint density at radius 2 is 1.90 bits per heavy atom. The third-order valence-electron chi connectivity index (χ3n) is 5.44. The fraction of sp³-hybridized carbons (Fsp3) is 0.375. The minimum absolute atomic E-state index is 0.00188. The summed E-state index contributed by atoms with van der Waals surface area (Å²) in [5.41, 5.74) is 2.34. The average molecular weight is 421 g/mol. The van der Waals surface area contributed by atoms with E-state index in [0.717, 1.165) is 29.9 Å². The van der Waals surface area contributed by atoms with E-state index in [2.05, 4.69) is 16.3 Å². The number of likely N-dealkylation sites (N-methyl/N-ethyl adjacent to an activating group) is 1. The molecule has 3 aromatic rings. The van der Waals surface area contributed by atoms with Gasteiger partial charge in [-0.25, -0.2) is 0 Å². The van der Waals surface area contributed by atoms with Crippen molar-refractivity contribution in [1.29, 1.82) is 0 Å². The van der Waals surface area contributed by atoms with Crippen LogP contribution in [0.5, 0.6) is 11.5 Å². The van der Waals surface area contributed by atoms with Crippen LogP contribution in [0, 0.1) is 0 Å². The Morgan fingerprint density at radius 1 is 1.10 bits per heavy atom. The summed E-state index contributed by atoms with van der Waals surface area (Å²) < 4.78 is 16.9. The summed E-state index contributed by atoms with van der Waals surface area (Å²) in [7, 11) is 3.46. The summed E-state index contributed by atoms with van der Waals surface area (Å²) in [5, 5.41) is 8.20. The number of fused-ring (bicyclic) bond motifs is 1. The van der Waals surface area contributed by atoms with Crippen LogP contribution in [0.4, 0.5) is 0 Å². The highest BCUT2D eigenvalue weighted by Gasteiger charge is 2.25. The molecule has 0 bridgehead atoms. The molecule has 0 radical (unpaired) electrons. The highest BCUT2D eigenvalue weighted by atomic mass is 16.5. The maximum atomic E-state index is 12.5. The number of aromatic nitrogens is 2. The number of carbonyl (C=O) groups excluding carboxylic acids is 1. The lowest BCUT2D eigenvalue weighted by Crippen LogP contribution is -2.36. The molecule has 31 heavy (non-hydrogen) atoms. The molecule has 2 heterocycles. The van der Waals surface area contributed by atoms with E-state index in [0.29, 0.717) is 37.6 Å². The number of hydrogen-bond acceptors (Lipinski definition) is 6. The highest BCUT2D eigenvalue weighted by molar-refractivity contribution is 5.76. The van der Waals surface area contributed by atoms with Gasteiger partial charge in [0.15, 0.2) is 0 Å². The molecule has 1 amide bonds. The second-order valence-electron chi connectivity index (χ2n) is 7.77. The molecule has 1 aromatic heterocycles. The van der Waals surface area contributed by atoms with Crippen molar-refractivity contribution in [3.05, 3.63) is 71.4 Å². The standard InChI is InChI=1S/C24H27N3O4/c1-27(16-20-15-18-7-3-4-9-21(18)30-20)24(28)13-12-23-26-25-22(31-23)11-10-17-6-5-8-19(14-17)29-2/h3-9,14,20H,10-13,15-16H2,1-2H3/t20-/m0/s1. The maximum Gasteiger partial charge on any atom is 0.222 e. The largest absolute Gasteiger partial charge is 0.497 e. The molecule has 2 aromatic carbocycles. The SMILES string of the molecule is COc1cccc(CCc2nnc(CCC(=O)N(C)C[C@@H]3Cc4ccccc4O3)o2)c1. The average Bonchev–Trinajstić information content (AvgIpc) is 3.42. The van der Waals surface area contributed by atoms with E-state index >= 15 is 0 Å². The summed E-state index contributed by atoms with van der Waals surface area (Å²) in [6.07, 6.45) is 3.01. The van der Waals surface area contributed by atoms with Crippen LogP contribution < -0.4 is 9.47 Å². The molecule has 1 aliphatic rings. The van der Waals surface area contributed by atoms with Crippen LogP contribution in [0.3, 0.4) is 0 Å². The first-order chi connectivity index (χ1) is 15.1. The molecule has 0 aliphatic carbocycles. The number of benzene rings is 2. The Kier molecular flexibility index (Phi) is 6.50. The van der Waals surface area contributed by atoms with Gasteiger partial charge in [-0.05, 0) is 35.7 Å². The van der Waals surface area contributed by atoms with Crippen LogP contribution >= 0.6 is 0 Å². The number of methoxy groups -OCH3 is 1. The van der Waals surface area contributed by atoms with E-state index in [1.165, 1.54) is 5.56 Å². The van der Waals surface area contributed by atoms with Gasteiger partial charge in [-0.3, -0.25) is 4.79 Å². The minimum Gasteiger partial charge on any atom is -0.497 e. The zero-order chi connectivity index (χ0) is 21.6. The van der Waals surface area contributed by atoms with E-state index in [-0.39, 0.29) is 12.0 Å². The molecule has 0 saturated heterocycles. The molecular weight excluding hydrogens is 394 g/mol. The first kappa shape index (κ1) is 20.9. The highest BCUT2D eigenvalue weighted by Crippen LogP contribution is 2.28. The Labute approximate surface area is 182 Å². The fourth-order valence-corrected chi connectivity index (χ4v) is 3.74. The lowest BCUT2D eigenvalue weighted by molar-refractivity contribution is -0.130. The van der Waals surface area contributed by atoms with Gasteiger partial charge >= 0.3 is 0 Å². The number of hydrogen-bond donors (Lipinski definition) is 0. The van der Waals surface area contributed by atoms with Crippen molar-refractivity contribution in [2.45, 2.75) is 38.2 Å². The Balaban J connectivity index is 1.21. The number of para-hydroxylation sites is 1. The van der Waals surface area contributed by atoms with Crippen LogP contribution in [-0.2, 0) is 30.5 Å². The van der Waals surface area contributed by atoms with Crippen LogP contribution in [0.15, 0.2) is 52.9 Å². The lowest BCUT2D eigenvalue weighted by atomic mass is 10.1. The minimum atomic E-state index is -0.00188. The predicted molar refractivity (Wildman–Crippen MR) is 115 cm³/mol. The first-order valence-corrected chi connectivity index (χ1v) is 10.5. The van der Waals surface area contributed by atoms with E-state index in [4.69, 9.17) is 13.9 Å². The number of ether oxygens (including phenoxy) is 2. The van der Waals surface area contributed by atoms with Crippen molar-refractivity contribution in [3.63, 3.8) is 0 Å². The summed E-state index contributed by atoms with van der Waals surface area (Å²) in [4.78, 5) is 14.2. The van der Waals surface area contributed by atoms with Crippen molar-refractivity contribution < 1.29 is 18.7 Å². The molecule has 7 heteroatoms. The predicted octanol–water partition coefficient (Wildman–Crippen LogP) is 3.26. The third kappa shape index (κ3) is 5.42.